The quantitative estimate of drug-likeness (QED) is 0.126. The lowest BCUT2D eigenvalue weighted by atomic mass is 9.92. The maximum Gasteiger partial charge on any atom is 0.796 e. The number of hydrogen-bond acceptors (Lipinski definition) is 2. The van der Waals surface area contributed by atoms with Crippen molar-refractivity contribution < 1.29 is 18.1 Å². The van der Waals surface area contributed by atoms with Crippen molar-refractivity contribution in [3.8, 4) is 0 Å². The third-order valence-corrected chi connectivity index (χ3v) is 5.54. The first kappa shape index (κ1) is 19.9. The molecule has 32 heavy (non-hydrogen) atoms. The van der Waals surface area contributed by atoms with Gasteiger partial charge in [0, 0.05) is 11.6 Å². The van der Waals surface area contributed by atoms with Crippen LogP contribution >= 0.6 is 0 Å². The number of benzene rings is 5. The summed E-state index contributed by atoms with van der Waals surface area (Å²) >= 11 is 0. The van der Waals surface area contributed by atoms with Crippen LogP contribution < -0.4 is 0 Å². The van der Waals surface area contributed by atoms with E-state index < -0.39 is 13.3 Å². The van der Waals surface area contributed by atoms with Crippen LogP contribution in [0.3, 0.4) is 0 Å². The molecule has 0 fully saturated rings. The van der Waals surface area contributed by atoms with E-state index in [9.17, 15) is 13.4 Å². The molecular formula is C27H17BF2O2. The zero-order valence-electron chi connectivity index (χ0n) is 17.0. The van der Waals surface area contributed by atoms with Crippen molar-refractivity contribution >= 4 is 57.4 Å². The van der Waals surface area contributed by atoms with Gasteiger partial charge in [0.2, 0.25) is 0 Å². The molecule has 0 bridgehead atoms. The van der Waals surface area contributed by atoms with Crippen LogP contribution in [0, 0.1) is 0 Å². The van der Waals surface area contributed by atoms with E-state index >= 15 is 0 Å². The van der Waals surface area contributed by atoms with Gasteiger partial charge in [0.1, 0.15) is 5.76 Å². The van der Waals surface area contributed by atoms with Crippen molar-refractivity contribution in [1.29, 1.82) is 0 Å². The molecule has 5 aromatic rings. The summed E-state index contributed by atoms with van der Waals surface area (Å²) in [5, 5.41) is 6.84. The van der Waals surface area contributed by atoms with Crippen molar-refractivity contribution in [1.82, 2.24) is 0 Å². The van der Waals surface area contributed by atoms with Crippen LogP contribution in [-0.2, 0) is 9.45 Å². The molecule has 0 aliphatic heterocycles. The van der Waals surface area contributed by atoms with Gasteiger partial charge < -0.3 is 4.65 Å². The average molecular weight is 422 g/mol. The molecule has 2 nitrogen and oxygen atoms in total. The SMILES string of the molecule is O=C(/C=C(\OB(F)F)c1ccccc1)/C=C/c1ccc2ccc3cccc4ccc1c2c34. The lowest BCUT2D eigenvalue weighted by Crippen LogP contribution is -2.05. The maximum absolute atomic E-state index is 12.9. The standard InChI is InChI=1S/C27H17BF2O2/c29-28(30)32-25(19-5-2-1-3-6-19)17-23(31)15-13-18-9-10-22-12-11-20-7-4-8-21-14-16-24(18)27(22)26(20)21/h1-17H/b15-13+,25-17-. The minimum atomic E-state index is -3.02. The first-order valence-electron chi connectivity index (χ1n) is 10.2. The second-order valence-corrected chi connectivity index (χ2v) is 7.50. The maximum atomic E-state index is 12.9. The second-order valence-electron chi connectivity index (χ2n) is 7.50. The van der Waals surface area contributed by atoms with Crippen LogP contribution in [0.1, 0.15) is 11.1 Å². The van der Waals surface area contributed by atoms with Gasteiger partial charge in [-0.1, -0.05) is 91.0 Å². The number of carbonyl (C=O) groups is 1. The molecule has 0 amide bonds. The van der Waals surface area contributed by atoms with Crippen LogP contribution in [0.5, 0.6) is 0 Å². The van der Waals surface area contributed by atoms with Gasteiger partial charge in [0.05, 0.1) is 0 Å². The molecule has 0 spiro atoms. The molecule has 0 atom stereocenters. The van der Waals surface area contributed by atoms with E-state index in [-0.39, 0.29) is 5.76 Å². The highest BCUT2D eigenvalue weighted by atomic mass is 19.2. The fraction of sp³-hybridized carbons (Fsp3) is 0. The van der Waals surface area contributed by atoms with Crippen LogP contribution in [0.4, 0.5) is 8.63 Å². The van der Waals surface area contributed by atoms with Gasteiger partial charge >= 0.3 is 7.47 Å². The molecule has 0 aromatic heterocycles. The Morgan fingerprint density at radius 2 is 1.41 bits per heavy atom. The summed E-state index contributed by atoms with van der Waals surface area (Å²) in [5.41, 5.74) is 1.30. The monoisotopic (exact) mass is 422 g/mol. The summed E-state index contributed by atoms with van der Waals surface area (Å²) in [4.78, 5) is 12.6. The van der Waals surface area contributed by atoms with E-state index in [1.54, 1.807) is 36.4 Å². The highest BCUT2D eigenvalue weighted by Gasteiger charge is 2.20. The van der Waals surface area contributed by atoms with Gasteiger partial charge in [-0.3, -0.25) is 4.79 Å². The number of rotatable bonds is 6. The Kier molecular flexibility index (Phi) is 5.16. The second kappa shape index (κ2) is 8.27. The molecule has 0 saturated heterocycles. The molecule has 0 aliphatic carbocycles. The fourth-order valence-electron chi connectivity index (χ4n) is 4.14. The first-order chi connectivity index (χ1) is 15.6. The number of halogens is 2. The van der Waals surface area contributed by atoms with Crippen LogP contribution in [0.25, 0.3) is 44.2 Å². The Bertz CT molecular complexity index is 1470. The minimum absolute atomic E-state index is 0.161. The predicted octanol–water partition coefficient (Wildman–Crippen LogP) is 7.15. The van der Waals surface area contributed by atoms with E-state index in [1.807, 2.05) is 18.2 Å². The molecule has 0 aliphatic rings. The predicted molar refractivity (Wildman–Crippen MR) is 128 cm³/mol. The topological polar surface area (TPSA) is 26.3 Å². The van der Waals surface area contributed by atoms with E-state index in [0.717, 1.165) is 38.6 Å². The Labute approximate surface area is 184 Å². The summed E-state index contributed by atoms with van der Waals surface area (Å²) in [5.74, 6) is -0.596. The summed E-state index contributed by atoms with van der Waals surface area (Å²) in [6.45, 7) is 0. The van der Waals surface area contributed by atoms with Crippen molar-refractivity contribution in [2.24, 2.45) is 0 Å². The summed E-state index contributed by atoms with van der Waals surface area (Å²) in [7, 11) is -3.02. The zero-order valence-corrected chi connectivity index (χ0v) is 17.0. The van der Waals surface area contributed by atoms with Crippen molar-refractivity contribution in [2.45, 2.75) is 0 Å². The first-order valence-corrected chi connectivity index (χ1v) is 10.2. The van der Waals surface area contributed by atoms with Crippen molar-refractivity contribution in [3.05, 3.63) is 108 Å². The van der Waals surface area contributed by atoms with Gasteiger partial charge in [0.15, 0.2) is 5.78 Å². The van der Waals surface area contributed by atoms with Gasteiger partial charge in [-0.05, 0) is 44.0 Å². The fourth-order valence-corrected chi connectivity index (χ4v) is 4.14. The molecule has 0 radical (unpaired) electrons. The third kappa shape index (κ3) is 3.74. The molecule has 5 rings (SSSR count). The summed E-state index contributed by atoms with van der Waals surface area (Å²) in [6.07, 6.45) is 4.19. The van der Waals surface area contributed by atoms with Crippen LogP contribution in [0.2, 0.25) is 0 Å². The molecule has 0 saturated carbocycles. The smallest absolute Gasteiger partial charge is 0.505 e. The van der Waals surface area contributed by atoms with Gasteiger partial charge in [0.25, 0.3) is 0 Å². The van der Waals surface area contributed by atoms with E-state index in [4.69, 9.17) is 0 Å². The van der Waals surface area contributed by atoms with Gasteiger partial charge in [-0.25, -0.2) is 8.63 Å². The molecule has 0 unspecified atom stereocenters. The lowest BCUT2D eigenvalue weighted by Gasteiger charge is -2.12. The Hall–Kier alpha value is -3.99. The van der Waals surface area contributed by atoms with E-state index in [0.29, 0.717) is 5.56 Å². The number of carbonyl (C=O) groups excluding carboxylic acids is 1. The van der Waals surface area contributed by atoms with Crippen LogP contribution in [0.15, 0.2) is 97.1 Å². The summed E-state index contributed by atoms with van der Waals surface area (Å²) < 4.78 is 30.3. The largest absolute Gasteiger partial charge is 0.796 e. The zero-order chi connectivity index (χ0) is 22.1. The summed E-state index contributed by atoms with van der Waals surface area (Å²) in [6, 6.07) is 26.9. The Balaban J connectivity index is 1.54. The number of ketones is 1. The molecule has 0 heterocycles. The molecule has 0 N–H and O–H groups in total. The lowest BCUT2D eigenvalue weighted by molar-refractivity contribution is -0.110. The minimum Gasteiger partial charge on any atom is -0.505 e. The number of hydrogen-bond donors (Lipinski definition) is 0. The van der Waals surface area contributed by atoms with E-state index in [2.05, 4.69) is 41.1 Å². The molecule has 154 valence electrons. The highest BCUT2D eigenvalue weighted by molar-refractivity contribution is 6.36. The average Bonchev–Trinajstić information content (AvgIpc) is 2.81. The number of allylic oxidation sites excluding steroid dienone is 2. The Morgan fingerprint density at radius 1 is 0.750 bits per heavy atom. The van der Waals surface area contributed by atoms with Crippen molar-refractivity contribution in [3.63, 3.8) is 0 Å². The molecular weight excluding hydrogens is 405 g/mol. The third-order valence-electron chi connectivity index (χ3n) is 5.54. The Morgan fingerprint density at radius 3 is 2.12 bits per heavy atom. The highest BCUT2D eigenvalue weighted by Crippen LogP contribution is 2.36. The van der Waals surface area contributed by atoms with Gasteiger partial charge in [-0.15, -0.1) is 0 Å². The van der Waals surface area contributed by atoms with Gasteiger partial charge in [-0.2, -0.15) is 0 Å². The van der Waals surface area contributed by atoms with E-state index in [1.165, 1.54) is 11.5 Å². The molecule has 5 heteroatoms. The van der Waals surface area contributed by atoms with Crippen molar-refractivity contribution in [2.75, 3.05) is 0 Å². The molecule has 5 aromatic carbocycles. The van der Waals surface area contributed by atoms with Crippen LogP contribution in [-0.4, -0.2) is 13.3 Å². The normalized spacial score (nSPS) is 12.2.